The second kappa shape index (κ2) is 26.0. The van der Waals surface area contributed by atoms with Crippen molar-refractivity contribution in [2.75, 3.05) is 52.9 Å². The van der Waals surface area contributed by atoms with Gasteiger partial charge in [0.2, 0.25) is 0 Å². The normalized spacial score (nSPS) is 11.9. The van der Waals surface area contributed by atoms with E-state index in [4.69, 9.17) is 24.4 Å². The average molecular weight is 365 g/mol. The van der Waals surface area contributed by atoms with Gasteiger partial charge in [-0.1, -0.05) is 59.3 Å². The third kappa shape index (κ3) is 26.1. The summed E-state index contributed by atoms with van der Waals surface area (Å²) in [5, 5.41) is 16.9. The first-order valence-corrected chi connectivity index (χ1v) is 10.2. The van der Waals surface area contributed by atoms with Gasteiger partial charge >= 0.3 is 0 Å². The Morgan fingerprint density at radius 3 is 1.80 bits per heavy atom. The highest BCUT2D eigenvalue weighted by molar-refractivity contribution is 4.55. The molecule has 0 aromatic heterocycles. The van der Waals surface area contributed by atoms with Crippen molar-refractivity contribution in [1.82, 2.24) is 0 Å². The standard InChI is InChI=1S/C10H22O3.C10H22O2/c1-2-3-4-5-7-12-9-10-13-8-6-11;1-3-5-6-10(4-2)9-12-8-7-11/h11H,2-10H2,1H3;10-11H,3-9H2,1-2H3. The van der Waals surface area contributed by atoms with Crippen molar-refractivity contribution in [3.8, 4) is 0 Å². The number of aliphatic hydroxyl groups is 2. The Labute approximate surface area is 156 Å². The van der Waals surface area contributed by atoms with Crippen LogP contribution in [-0.4, -0.2) is 63.1 Å². The molecule has 0 aromatic carbocycles. The lowest BCUT2D eigenvalue weighted by atomic mass is 10.0. The van der Waals surface area contributed by atoms with E-state index in [1.54, 1.807) is 0 Å². The minimum Gasteiger partial charge on any atom is -0.394 e. The van der Waals surface area contributed by atoms with Crippen LogP contribution < -0.4 is 0 Å². The van der Waals surface area contributed by atoms with Crippen LogP contribution in [0.5, 0.6) is 0 Å². The van der Waals surface area contributed by atoms with Crippen LogP contribution >= 0.6 is 0 Å². The van der Waals surface area contributed by atoms with Crippen LogP contribution in [0.3, 0.4) is 0 Å². The molecular formula is C20H44O5. The maximum absolute atomic E-state index is 8.50. The van der Waals surface area contributed by atoms with Crippen LogP contribution in [0.4, 0.5) is 0 Å². The number of ether oxygens (including phenoxy) is 3. The molecule has 0 amide bonds. The summed E-state index contributed by atoms with van der Waals surface area (Å²) in [7, 11) is 0. The van der Waals surface area contributed by atoms with Gasteiger partial charge in [-0.25, -0.2) is 0 Å². The summed E-state index contributed by atoms with van der Waals surface area (Å²) in [5.74, 6) is 0.691. The lowest BCUT2D eigenvalue weighted by Gasteiger charge is -2.13. The molecule has 0 aromatic rings. The Bertz CT molecular complexity index is 204. The lowest BCUT2D eigenvalue weighted by Crippen LogP contribution is -2.10. The van der Waals surface area contributed by atoms with E-state index in [1.165, 1.54) is 44.9 Å². The van der Waals surface area contributed by atoms with Crippen molar-refractivity contribution in [1.29, 1.82) is 0 Å². The van der Waals surface area contributed by atoms with Crippen molar-refractivity contribution in [3.63, 3.8) is 0 Å². The second-order valence-corrected chi connectivity index (χ2v) is 6.22. The molecule has 0 saturated heterocycles. The van der Waals surface area contributed by atoms with Gasteiger partial charge in [-0.05, 0) is 18.8 Å². The molecule has 5 heteroatoms. The van der Waals surface area contributed by atoms with E-state index >= 15 is 0 Å². The van der Waals surface area contributed by atoms with Crippen molar-refractivity contribution < 1.29 is 24.4 Å². The zero-order valence-electron chi connectivity index (χ0n) is 17.0. The van der Waals surface area contributed by atoms with Crippen molar-refractivity contribution >= 4 is 0 Å². The van der Waals surface area contributed by atoms with Gasteiger partial charge in [0.05, 0.1) is 39.6 Å². The quantitative estimate of drug-likeness (QED) is 0.362. The summed E-state index contributed by atoms with van der Waals surface area (Å²) >= 11 is 0. The highest BCUT2D eigenvalue weighted by Gasteiger charge is 2.04. The number of unbranched alkanes of at least 4 members (excludes halogenated alkanes) is 4. The van der Waals surface area contributed by atoms with E-state index in [0.717, 1.165) is 19.6 Å². The summed E-state index contributed by atoms with van der Waals surface area (Å²) in [5.41, 5.74) is 0. The molecule has 1 atom stereocenters. The van der Waals surface area contributed by atoms with Crippen LogP contribution in [0.25, 0.3) is 0 Å². The summed E-state index contributed by atoms with van der Waals surface area (Å²) in [4.78, 5) is 0. The molecule has 0 aliphatic rings. The molecule has 0 radical (unpaired) electrons. The smallest absolute Gasteiger partial charge is 0.0701 e. The summed E-state index contributed by atoms with van der Waals surface area (Å²) in [6.45, 7) is 10.6. The first kappa shape index (κ1) is 27.0. The van der Waals surface area contributed by atoms with E-state index in [0.29, 0.717) is 32.3 Å². The molecule has 0 aliphatic heterocycles. The highest BCUT2D eigenvalue weighted by atomic mass is 16.5. The van der Waals surface area contributed by atoms with Crippen molar-refractivity contribution in [2.24, 2.45) is 5.92 Å². The molecular weight excluding hydrogens is 320 g/mol. The van der Waals surface area contributed by atoms with Gasteiger partial charge in [-0.2, -0.15) is 0 Å². The first-order chi connectivity index (χ1) is 12.3. The first-order valence-electron chi connectivity index (χ1n) is 10.2. The van der Waals surface area contributed by atoms with E-state index in [2.05, 4.69) is 20.8 Å². The fraction of sp³-hybridized carbons (Fsp3) is 1.00. The van der Waals surface area contributed by atoms with Crippen molar-refractivity contribution in [2.45, 2.75) is 72.1 Å². The third-order valence-corrected chi connectivity index (χ3v) is 3.88. The van der Waals surface area contributed by atoms with Gasteiger partial charge in [0.15, 0.2) is 0 Å². The molecule has 0 saturated carbocycles. The van der Waals surface area contributed by atoms with Gasteiger partial charge in [-0.15, -0.1) is 0 Å². The van der Waals surface area contributed by atoms with Crippen LogP contribution in [0.1, 0.15) is 72.1 Å². The topological polar surface area (TPSA) is 68.2 Å². The van der Waals surface area contributed by atoms with E-state index in [-0.39, 0.29) is 13.2 Å². The van der Waals surface area contributed by atoms with E-state index in [9.17, 15) is 0 Å². The third-order valence-electron chi connectivity index (χ3n) is 3.88. The number of hydrogen-bond donors (Lipinski definition) is 2. The molecule has 2 N–H and O–H groups in total. The Kier molecular flexibility index (Phi) is 28.1. The SMILES string of the molecule is CCCCC(CC)COCCO.CCCCCCOCCOCCO. The molecule has 5 nitrogen and oxygen atoms in total. The average Bonchev–Trinajstić information content (AvgIpc) is 2.64. The number of aliphatic hydroxyl groups excluding tert-OH is 2. The zero-order valence-corrected chi connectivity index (χ0v) is 17.0. The Hall–Kier alpha value is -0.200. The molecule has 0 fully saturated rings. The van der Waals surface area contributed by atoms with Crippen molar-refractivity contribution in [3.05, 3.63) is 0 Å². The van der Waals surface area contributed by atoms with Gasteiger partial charge in [0, 0.05) is 13.2 Å². The Morgan fingerprint density at radius 1 is 0.640 bits per heavy atom. The maximum Gasteiger partial charge on any atom is 0.0701 e. The van der Waals surface area contributed by atoms with Crippen LogP contribution in [-0.2, 0) is 14.2 Å². The largest absolute Gasteiger partial charge is 0.394 e. The number of hydrogen-bond acceptors (Lipinski definition) is 5. The van der Waals surface area contributed by atoms with Gasteiger partial charge in [0.1, 0.15) is 0 Å². The van der Waals surface area contributed by atoms with Crippen LogP contribution in [0.15, 0.2) is 0 Å². The van der Waals surface area contributed by atoms with Gasteiger partial charge in [-0.3, -0.25) is 0 Å². The Morgan fingerprint density at radius 2 is 1.24 bits per heavy atom. The molecule has 0 bridgehead atoms. The summed E-state index contributed by atoms with van der Waals surface area (Å²) < 4.78 is 15.6. The van der Waals surface area contributed by atoms with Crippen LogP contribution in [0.2, 0.25) is 0 Å². The minimum atomic E-state index is 0.0938. The minimum absolute atomic E-state index is 0.0938. The zero-order chi connectivity index (χ0) is 19.0. The molecule has 154 valence electrons. The molecule has 1 unspecified atom stereocenters. The van der Waals surface area contributed by atoms with Gasteiger partial charge < -0.3 is 24.4 Å². The maximum atomic E-state index is 8.50. The van der Waals surface area contributed by atoms with Gasteiger partial charge in [0.25, 0.3) is 0 Å². The predicted molar refractivity (Wildman–Crippen MR) is 104 cm³/mol. The fourth-order valence-corrected chi connectivity index (χ4v) is 2.23. The molecule has 0 rings (SSSR count). The lowest BCUT2D eigenvalue weighted by molar-refractivity contribution is 0.0321. The second-order valence-electron chi connectivity index (χ2n) is 6.22. The number of rotatable bonds is 18. The monoisotopic (exact) mass is 364 g/mol. The molecule has 0 spiro atoms. The van der Waals surface area contributed by atoms with E-state index in [1.807, 2.05) is 0 Å². The summed E-state index contributed by atoms with van der Waals surface area (Å²) in [6.07, 6.45) is 9.97. The highest BCUT2D eigenvalue weighted by Crippen LogP contribution is 2.12. The predicted octanol–water partition coefficient (Wildman–Crippen LogP) is 3.80. The molecule has 0 heterocycles. The molecule has 0 aliphatic carbocycles. The summed E-state index contributed by atoms with van der Waals surface area (Å²) in [6, 6.07) is 0. The van der Waals surface area contributed by atoms with Crippen LogP contribution in [0, 0.1) is 5.92 Å². The fourth-order valence-electron chi connectivity index (χ4n) is 2.23. The molecule has 25 heavy (non-hydrogen) atoms. The Balaban J connectivity index is 0. The van der Waals surface area contributed by atoms with E-state index < -0.39 is 0 Å².